The van der Waals surface area contributed by atoms with E-state index in [0.717, 1.165) is 5.56 Å². The van der Waals surface area contributed by atoms with Crippen LogP contribution >= 0.6 is 0 Å². The van der Waals surface area contributed by atoms with E-state index in [-0.39, 0.29) is 14.7 Å². The molecule has 0 spiro atoms. The maximum Gasteiger partial charge on any atom is 0.243 e. The highest BCUT2D eigenvalue weighted by Crippen LogP contribution is 2.27. The number of likely N-dealkylation sites (N-methyl/N-ethyl adjacent to an activating group) is 1. The van der Waals surface area contributed by atoms with Gasteiger partial charge in [-0.15, -0.1) is 0 Å². The summed E-state index contributed by atoms with van der Waals surface area (Å²) in [6.07, 6.45) is 1.05. The van der Waals surface area contributed by atoms with Crippen molar-refractivity contribution in [3.05, 3.63) is 90.0 Å². The average molecular weight is 444 g/mol. The summed E-state index contributed by atoms with van der Waals surface area (Å²) in [6, 6.07) is 22.0. The van der Waals surface area contributed by atoms with Crippen LogP contribution in [0.3, 0.4) is 0 Å². The summed E-state index contributed by atoms with van der Waals surface area (Å²) in [7, 11) is -6.13. The summed E-state index contributed by atoms with van der Waals surface area (Å²) >= 11 is 0. The number of aryl methyl sites for hydroxylation is 1. The summed E-state index contributed by atoms with van der Waals surface area (Å²) in [6.45, 7) is 2.15. The third-order valence-corrected chi connectivity index (χ3v) is 8.74. The van der Waals surface area contributed by atoms with Crippen LogP contribution in [0.2, 0.25) is 0 Å². The van der Waals surface area contributed by atoms with Gasteiger partial charge in [-0.05, 0) is 48.2 Å². The molecular weight excluding hydrogens is 418 g/mol. The van der Waals surface area contributed by atoms with Crippen molar-refractivity contribution in [2.24, 2.45) is 0 Å². The van der Waals surface area contributed by atoms with Crippen molar-refractivity contribution in [3.63, 3.8) is 0 Å². The molecule has 3 aromatic rings. The second-order valence-corrected chi connectivity index (χ2v) is 11.0. The molecule has 0 aliphatic carbocycles. The van der Waals surface area contributed by atoms with E-state index < -0.39 is 19.9 Å². The minimum Gasteiger partial charge on any atom is -0.219 e. The zero-order valence-corrected chi connectivity index (χ0v) is 18.7. The van der Waals surface area contributed by atoms with Gasteiger partial charge in [0.25, 0.3) is 0 Å². The van der Waals surface area contributed by atoms with Gasteiger partial charge < -0.3 is 0 Å². The Balaban J connectivity index is 1.96. The minimum absolute atomic E-state index is 0.0269. The molecule has 5 nitrogen and oxygen atoms in total. The topological polar surface area (TPSA) is 71.5 Å². The van der Waals surface area contributed by atoms with Crippen molar-refractivity contribution in [1.29, 1.82) is 0 Å². The van der Waals surface area contributed by atoms with E-state index in [2.05, 4.69) is 0 Å². The fourth-order valence-electron chi connectivity index (χ4n) is 3.19. The van der Waals surface area contributed by atoms with Gasteiger partial charge in [0, 0.05) is 13.6 Å². The Bertz CT molecular complexity index is 1210. The molecule has 0 fully saturated rings. The van der Waals surface area contributed by atoms with Crippen molar-refractivity contribution in [3.8, 4) is 0 Å². The lowest BCUT2D eigenvalue weighted by molar-refractivity contribution is 0.471. The number of sulfone groups is 1. The minimum atomic E-state index is -3.85. The second-order valence-electron chi connectivity index (χ2n) is 7.00. The molecule has 158 valence electrons. The first-order chi connectivity index (χ1) is 14.3. The van der Waals surface area contributed by atoms with Crippen LogP contribution in [0.25, 0.3) is 0 Å². The average Bonchev–Trinajstić information content (AvgIpc) is 2.78. The Morgan fingerprint density at radius 1 is 0.767 bits per heavy atom. The Morgan fingerprint density at radius 2 is 1.37 bits per heavy atom. The number of sulfonamides is 1. The summed E-state index contributed by atoms with van der Waals surface area (Å²) in [4.78, 5) is 0.147. The maximum absolute atomic E-state index is 13.3. The van der Waals surface area contributed by atoms with Gasteiger partial charge in [-0.3, -0.25) is 0 Å². The number of hydrogen-bond acceptors (Lipinski definition) is 4. The summed E-state index contributed by atoms with van der Waals surface area (Å²) in [5.41, 5.74) is 1.63. The van der Waals surface area contributed by atoms with Gasteiger partial charge in [0.15, 0.2) is 0 Å². The molecule has 0 unspecified atom stereocenters. The third-order valence-electron chi connectivity index (χ3n) is 5.03. The molecule has 0 aliphatic rings. The van der Waals surface area contributed by atoms with Gasteiger partial charge in [0.2, 0.25) is 19.9 Å². The van der Waals surface area contributed by atoms with Crippen molar-refractivity contribution in [2.45, 2.75) is 34.5 Å². The lowest BCUT2D eigenvalue weighted by Gasteiger charge is -2.20. The number of nitrogens with zero attached hydrogens (tertiary/aromatic N) is 1. The van der Waals surface area contributed by atoms with Crippen LogP contribution in [0.5, 0.6) is 0 Å². The van der Waals surface area contributed by atoms with E-state index >= 15 is 0 Å². The predicted octanol–water partition coefficient (Wildman–Crippen LogP) is 3.95. The highest BCUT2D eigenvalue weighted by Gasteiger charge is 2.27. The van der Waals surface area contributed by atoms with E-state index in [1.807, 2.05) is 37.3 Å². The molecule has 0 aromatic heterocycles. The first kappa shape index (κ1) is 22.2. The van der Waals surface area contributed by atoms with Crippen LogP contribution in [0.4, 0.5) is 0 Å². The molecule has 3 rings (SSSR count). The van der Waals surface area contributed by atoms with Crippen LogP contribution in [-0.2, 0) is 32.7 Å². The molecule has 0 atom stereocenters. The van der Waals surface area contributed by atoms with E-state index in [1.54, 1.807) is 24.3 Å². The lowest BCUT2D eigenvalue weighted by atomic mass is 10.2. The molecular formula is C23H25NO4S2. The van der Waals surface area contributed by atoms with Crippen molar-refractivity contribution >= 4 is 19.9 Å². The monoisotopic (exact) mass is 443 g/mol. The maximum atomic E-state index is 13.3. The fourth-order valence-corrected chi connectivity index (χ4v) is 6.06. The molecule has 0 saturated carbocycles. The van der Waals surface area contributed by atoms with Gasteiger partial charge in [-0.2, -0.15) is 0 Å². The largest absolute Gasteiger partial charge is 0.243 e. The number of benzene rings is 3. The quantitative estimate of drug-likeness (QED) is 0.529. The van der Waals surface area contributed by atoms with Gasteiger partial charge in [-0.25, -0.2) is 21.1 Å². The Labute approximate surface area is 179 Å². The molecule has 30 heavy (non-hydrogen) atoms. The van der Waals surface area contributed by atoms with Gasteiger partial charge >= 0.3 is 0 Å². The molecule has 0 aliphatic heterocycles. The van der Waals surface area contributed by atoms with Crippen LogP contribution in [0.15, 0.2) is 93.5 Å². The van der Waals surface area contributed by atoms with Crippen LogP contribution in [0, 0.1) is 0 Å². The summed E-state index contributed by atoms with van der Waals surface area (Å²) in [5, 5.41) is 0. The van der Waals surface area contributed by atoms with Crippen LogP contribution in [-0.4, -0.2) is 34.7 Å². The van der Waals surface area contributed by atoms with Crippen molar-refractivity contribution in [2.75, 3.05) is 13.6 Å². The Morgan fingerprint density at radius 3 is 1.97 bits per heavy atom. The second kappa shape index (κ2) is 9.12. The van der Waals surface area contributed by atoms with Crippen LogP contribution in [0.1, 0.15) is 18.1 Å². The zero-order chi connectivity index (χ0) is 21.8. The molecule has 0 bridgehead atoms. The summed E-state index contributed by atoms with van der Waals surface area (Å²) in [5.74, 6) is 0. The van der Waals surface area contributed by atoms with Crippen molar-refractivity contribution in [1.82, 2.24) is 4.31 Å². The fraction of sp³-hybridized carbons (Fsp3) is 0.217. The van der Waals surface area contributed by atoms with E-state index in [4.69, 9.17) is 0 Å². The van der Waals surface area contributed by atoms with Crippen molar-refractivity contribution < 1.29 is 16.8 Å². The molecule has 0 saturated heterocycles. The molecule has 0 heterocycles. The number of hydrogen-bond donors (Lipinski definition) is 0. The zero-order valence-electron chi connectivity index (χ0n) is 17.0. The highest BCUT2D eigenvalue weighted by atomic mass is 32.2. The first-order valence-electron chi connectivity index (χ1n) is 9.70. The van der Waals surface area contributed by atoms with E-state index in [9.17, 15) is 16.8 Å². The smallest absolute Gasteiger partial charge is 0.219 e. The first-order valence-corrected chi connectivity index (χ1v) is 12.6. The molecule has 7 heteroatoms. The highest BCUT2D eigenvalue weighted by molar-refractivity contribution is 7.91. The van der Waals surface area contributed by atoms with Gasteiger partial charge in [0.05, 0.1) is 14.7 Å². The van der Waals surface area contributed by atoms with E-state index in [1.165, 1.54) is 35.6 Å². The molecule has 0 amide bonds. The predicted molar refractivity (Wildman–Crippen MR) is 118 cm³/mol. The lowest BCUT2D eigenvalue weighted by Crippen LogP contribution is -2.30. The summed E-state index contributed by atoms with van der Waals surface area (Å²) < 4.78 is 53.8. The molecule has 0 N–H and O–H groups in total. The SMILES string of the molecule is CCc1ccc(S(=O)(=O)c2ccccc2)cc1S(=O)(=O)N(C)CCc1ccccc1. The molecule has 3 aromatic carbocycles. The normalized spacial score (nSPS) is 12.2. The van der Waals surface area contributed by atoms with Gasteiger partial charge in [-0.1, -0.05) is 61.5 Å². The Hall–Kier alpha value is -2.48. The van der Waals surface area contributed by atoms with Gasteiger partial charge in [0.1, 0.15) is 0 Å². The number of rotatable bonds is 8. The van der Waals surface area contributed by atoms with E-state index in [0.29, 0.717) is 24.9 Å². The molecule has 0 radical (unpaired) electrons. The van der Waals surface area contributed by atoms with Crippen LogP contribution < -0.4 is 0 Å². The Kier molecular flexibility index (Phi) is 6.75. The third kappa shape index (κ3) is 4.64. The standard InChI is InChI=1S/C23H25NO4S2/c1-3-20-14-15-22(29(25,26)21-12-8-5-9-13-21)18-23(20)30(27,28)24(2)17-16-19-10-6-4-7-11-19/h4-15,18H,3,16-17H2,1-2H3.